The Kier molecular flexibility index (Phi) is 3.66. The number of aryl methyl sites for hydroxylation is 1. The fraction of sp³-hybridized carbons (Fsp3) is 0.167. The smallest absolute Gasteiger partial charge is 0.272 e. The molecule has 1 N–H and O–H groups in total. The number of pyridine rings is 1. The lowest BCUT2D eigenvalue weighted by Crippen LogP contribution is -2.15. The van der Waals surface area contributed by atoms with E-state index in [2.05, 4.69) is 26.2 Å². The molecular formula is C12H12BrN3O2. The number of anilines is 1. The second-order valence-electron chi connectivity index (χ2n) is 3.70. The summed E-state index contributed by atoms with van der Waals surface area (Å²) in [6.07, 6.45) is 3.37. The van der Waals surface area contributed by atoms with Gasteiger partial charge in [-0.1, -0.05) is 0 Å². The zero-order valence-electron chi connectivity index (χ0n) is 9.98. The van der Waals surface area contributed by atoms with E-state index < -0.39 is 0 Å². The summed E-state index contributed by atoms with van der Waals surface area (Å²) in [6.45, 7) is 0. The van der Waals surface area contributed by atoms with Gasteiger partial charge in [-0.2, -0.15) is 0 Å². The van der Waals surface area contributed by atoms with Crippen molar-refractivity contribution in [2.24, 2.45) is 7.05 Å². The molecule has 2 aromatic rings. The Morgan fingerprint density at radius 2 is 2.28 bits per heavy atom. The van der Waals surface area contributed by atoms with E-state index in [9.17, 15) is 4.79 Å². The van der Waals surface area contributed by atoms with Crippen molar-refractivity contribution < 1.29 is 9.53 Å². The van der Waals surface area contributed by atoms with Gasteiger partial charge in [0, 0.05) is 23.8 Å². The van der Waals surface area contributed by atoms with Crippen LogP contribution in [0.25, 0.3) is 0 Å². The molecule has 94 valence electrons. The largest absolute Gasteiger partial charge is 0.481 e. The molecule has 0 aliphatic carbocycles. The summed E-state index contributed by atoms with van der Waals surface area (Å²) in [6, 6.07) is 5.19. The van der Waals surface area contributed by atoms with E-state index in [1.165, 1.54) is 0 Å². The first-order chi connectivity index (χ1) is 8.60. The predicted octanol–water partition coefficient (Wildman–Crippen LogP) is 2.44. The maximum Gasteiger partial charge on any atom is 0.272 e. The predicted molar refractivity (Wildman–Crippen MR) is 71.9 cm³/mol. The number of carbonyl (C=O) groups is 1. The number of hydrogen-bond acceptors (Lipinski definition) is 3. The molecule has 2 rings (SSSR count). The lowest BCUT2D eigenvalue weighted by molar-refractivity contribution is 0.101. The minimum atomic E-state index is -0.185. The summed E-state index contributed by atoms with van der Waals surface area (Å²) < 4.78 is 7.56. The molecule has 6 heteroatoms. The molecular weight excluding hydrogens is 298 g/mol. The number of amides is 1. The van der Waals surface area contributed by atoms with Crippen LogP contribution in [0.1, 0.15) is 10.5 Å². The third-order valence-corrected chi connectivity index (χ3v) is 2.84. The van der Waals surface area contributed by atoms with Crippen LogP contribution < -0.4 is 10.1 Å². The highest BCUT2D eigenvalue weighted by molar-refractivity contribution is 9.10. The number of hydrogen-bond donors (Lipinski definition) is 1. The van der Waals surface area contributed by atoms with Crippen LogP contribution in [-0.4, -0.2) is 22.6 Å². The minimum absolute atomic E-state index is 0.185. The first-order valence-corrected chi connectivity index (χ1v) is 6.02. The molecule has 0 aliphatic heterocycles. The fourth-order valence-electron chi connectivity index (χ4n) is 1.52. The van der Waals surface area contributed by atoms with Crippen LogP contribution >= 0.6 is 15.9 Å². The van der Waals surface area contributed by atoms with Gasteiger partial charge in [0.25, 0.3) is 5.91 Å². The molecule has 18 heavy (non-hydrogen) atoms. The Labute approximate surface area is 113 Å². The maximum absolute atomic E-state index is 12.0. The van der Waals surface area contributed by atoms with E-state index in [4.69, 9.17) is 4.74 Å². The second-order valence-corrected chi connectivity index (χ2v) is 4.61. The molecule has 0 spiro atoms. The molecule has 0 aliphatic rings. The van der Waals surface area contributed by atoms with Crippen LogP contribution in [0, 0.1) is 0 Å². The van der Waals surface area contributed by atoms with Crippen LogP contribution in [0.3, 0.4) is 0 Å². The third kappa shape index (κ3) is 2.70. The highest BCUT2D eigenvalue weighted by Gasteiger charge is 2.11. The summed E-state index contributed by atoms with van der Waals surface area (Å²) in [5.41, 5.74) is 1.19. The summed E-state index contributed by atoms with van der Waals surface area (Å²) in [5.74, 6) is 0.324. The Morgan fingerprint density at radius 3 is 2.78 bits per heavy atom. The van der Waals surface area contributed by atoms with Gasteiger partial charge in [-0.3, -0.25) is 4.79 Å². The van der Waals surface area contributed by atoms with E-state index in [-0.39, 0.29) is 5.91 Å². The molecule has 2 aromatic heterocycles. The summed E-state index contributed by atoms with van der Waals surface area (Å²) in [7, 11) is 3.36. The van der Waals surface area contributed by atoms with Gasteiger partial charge in [0.05, 0.1) is 19.0 Å². The first kappa shape index (κ1) is 12.6. The number of ether oxygens (including phenoxy) is 1. The molecule has 0 saturated heterocycles. The molecule has 0 radical (unpaired) electrons. The minimum Gasteiger partial charge on any atom is -0.481 e. The van der Waals surface area contributed by atoms with E-state index in [0.717, 1.165) is 4.47 Å². The SMILES string of the molecule is COc1ccc(NC(=O)c2cc(Br)cn2C)cn1. The molecule has 0 bridgehead atoms. The Bertz CT molecular complexity index is 563. The molecule has 5 nitrogen and oxygen atoms in total. The second kappa shape index (κ2) is 5.22. The quantitative estimate of drug-likeness (QED) is 0.947. The zero-order chi connectivity index (χ0) is 13.1. The Balaban J connectivity index is 2.13. The van der Waals surface area contributed by atoms with Crippen LogP contribution in [0.15, 0.2) is 35.1 Å². The average molecular weight is 310 g/mol. The highest BCUT2D eigenvalue weighted by atomic mass is 79.9. The molecule has 0 fully saturated rings. The van der Waals surface area contributed by atoms with Crippen molar-refractivity contribution in [3.05, 3.63) is 40.8 Å². The number of halogens is 1. The van der Waals surface area contributed by atoms with Crippen molar-refractivity contribution in [1.82, 2.24) is 9.55 Å². The van der Waals surface area contributed by atoms with E-state index in [0.29, 0.717) is 17.3 Å². The van der Waals surface area contributed by atoms with Crippen molar-refractivity contribution in [2.75, 3.05) is 12.4 Å². The first-order valence-electron chi connectivity index (χ1n) is 5.23. The van der Waals surface area contributed by atoms with Gasteiger partial charge >= 0.3 is 0 Å². The van der Waals surface area contributed by atoms with Gasteiger partial charge < -0.3 is 14.6 Å². The molecule has 0 saturated carbocycles. The van der Waals surface area contributed by atoms with Gasteiger partial charge in [-0.15, -0.1) is 0 Å². The highest BCUT2D eigenvalue weighted by Crippen LogP contribution is 2.16. The standard InChI is InChI=1S/C12H12BrN3O2/c1-16-7-8(13)5-10(16)12(17)15-9-3-4-11(18-2)14-6-9/h3-7H,1-2H3,(H,15,17). The van der Waals surface area contributed by atoms with Crippen LogP contribution in [0.5, 0.6) is 5.88 Å². The van der Waals surface area contributed by atoms with E-state index in [1.54, 1.807) is 36.1 Å². The van der Waals surface area contributed by atoms with Gasteiger partial charge in [0.1, 0.15) is 5.69 Å². The third-order valence-electron chi connectivity index (χ3n) is 2.41. The van der Waals surface area contributed by atoms with Gasteiger partial charge in [-0.25, -0.2) is 4.98 Å². The van der Waals surface area contributed by atoms with Crippen LogP contribution in [0.2, 0.25) is 0 Å². The van der Waals surface area contributed by atoms with Crippen molar-refractivity contribution in [1.29, 1.82) is 0 Å². The van der Waals surface area contributed by atoms with Crippen molar-refractivity contribution in [2.45, 2.75) is 0 Å². The normalized spacial score (nSPS) is 10.2. The van der Waals surface area contributed by atoms with Gasteiger partial charge in [0.2, 0.25) is 5.88 Å². The fourth-order valence-corrected chi connectivity index (χ4v) is 2.04. The molecule has 0 aromatic carbocycles. The topological polar surface area (TPSA) is 56.1 Å². The zero-order valence-corrected chi connectivity index (χ0v) is 11.6. The number of methoxy groups -OCH3 is 1. The van der Waals surface area contributed by atoms with Crippen molar-refractivity contribution in [3.63, 3.8) is 0 Å². The van der Waals surface area contributed by atoms with Crippen LogP contribution in [0.4, 0.5) is 5.69 Å². The summed E-state index contributed by atoms with van der Waals surface area (Å²) in [4.78, 5) is 16.0. The van der Waals surface area contributed by atoms with Crippen molar-refractivity contribution >= 4 is 27.5 Å². The molecule has 0 atom stereocenters. The monoisotopic (exact) mass is 309 g/mol. The van der Waals surface area contributed by atoms with Gasteiger partial charge in [0.15, 0.2) is 0 Å². The number of aromatic nitrogens is 2. The molecule has 2 heterocycles. The summed E-state index contributed by atoms with van der Waals surface area (Å²) in [5, 5.41) is 2.77. The van der Waals surface area contributed by atoms with E-state index in [1.807, 2.05) is 13.2 Å². The summed E-state index contributed by atoms with van der Waals surface area (Å²) >= 11 is 3.33. The Morgan fingerprint density at radius 1 is 1.50 bits per heavy atom. The van der Waals surface area contributed by atoms with Gasteiger partial charge in [-0.05, 0) is 28.1 Å². The van der Waals surface area contributed by atoms with Crippen LogP contribution in [-0.2, 0) is 7.05 Å². The Hall–Kier alpha value is -1.82. The molecule has 0 unspecified atom stereocenters. The number of nitrogens with one attached hydrogen (secondary N) is 1. The van der Waals surface area contributed by atoms with Crippen molar-refractivity contribution in [3.8, 4) is 5.88 Å². The maximum atomic E-state index is 12.0. The number of carbonyl (C=O) groups excluding carboxylic acids is 1. The lowest BCUT2D eigenvalue weighted by Gasteiger charge is -2.06. The number of rotatable bonds is 3. The number of nitrogens with zero attached hydrogens (tertiary/aromatic N) is 2. The average Bonchev–Trinajstić information content (AvgIpc) is 2.69. The van der Waals surface area contributed by atoms with E-state index >= 15 is 0 Å². The molecule has 1 amide bonds. The lowest BCUT2D eigenvalue weighted by atomic mass is 10.3.